The van der Waals surface area contributed by atoms with Crippen molar-refractivity contribution in [2.45, 2.75) is 51.2 Å². The molecule has 3 rings (SSSR count). The van der Waals surface area contributed by atoms with Crippen LogP contribution in [0.25, 0.3) is 0 Å². The van der Waals surface area contributed by atoms with Gasteiger partial charge in [0.2, 0.25) is 11.8 Å². The number of para-hydroxylation sites is 1. The van der Waals surface area contributed by atoms with Gasteiger partial charge in [0.15, 0.2) is 0 Å². The minimum Gasteiger partial charge on any atom is -0.352 e. The molecule has 1 N–H and O–H groups in total. The predicted octanol–water partition coefficient (Wildman–Crippen LogP) is 3.68. The van der Waals surface area contributed by atoms with Gasteiger partial charge in [0, 0.05) is 31.2 Å². The summed E-state index contributed by atoms with van der Waals surface area (Å²) < 4.78 is 43.3. The number of carbonyl (C=O) groups is 2. The van der Waals surface area contributed by atoms with Crippen LogP contribution in [0.5, 0.6) is 0 Å². The van der Waals surface area contributed by atoms with Gasteiger partial charge in [-0.05, 0) is 49.6 Å². The van der Waals surface area contributed by atoms with Gasteiger partial charge in [-0.1, -0.05) is 53.0 Å². The fourth-order valence-corrected chi connectivity index (χ4v) is 5.67. The summed E-state index contributed by atoms with van der Waals surface area (Å²) in [6, 6.07) is 11.9. The summed E-state index contributed by atoms with van der Waals surface area (Å²) >= 11 is 3.42. The maximum absolute atomic E-state index is 14.7. The number of benzene rings is 2. The van der Waals surface area contributed by atoms with E-state index in [4.69, 9.17) is 0 Å². The molecule has 0 aromatic heterocycles. The number of rotatable bonds is 10. The average molecular weight is 584 g/mol. The van der Waals surface area contributed by atoms with Crippen molar-refractivity contribution in [2.24, 2.45) is 0 Å². The maximum atomic E-state index is 14.7. The van der Waals surface area contributed by atoms with E-state index in [0.717, 1.165) is 50.4 Å². The summed E-state index contributed by atoms with van der Waals surface area (Å²) in [4.78, 5) is 28.1. The topological polar surface area (TPSA) is 90.0 Å². The number of hydrogen-bond acceptors (Lipinski definition) is 4. The third-order valence-corrected chi connectivity index (χ3v) is 8.55. The molecule has 1 aliphatic carbocycles. The van der Waals surface area contributed by atoms with Crippen LogP contribution in [0.3, 0.4) is 0 Å². The van der Waals surface area contributed by atoms with E-state index in [0.29, 0.717) is 0 Å². The smallest absolute Gasteiger partial charge is 0.304 e. The highest BCUT2D eigenvalue weighted by molar-refractivity contribution is 9.10. The second-order valence-corrected chi connectivity index (χ2v) is 12.0. The van der Waals surface area contributed by atoms with Gasteiger partial charge in [-0.2, -0.15) is 12.7 Å². The molecule has 11 heteroatoms. The molecule has 2 aromatic rings. The number of hydrogen-bond donors (Lipinski definition) is 1. The Morgan fingerprint density at radius 3 is 2.39 bits per heavy atom. The van der Waals surface area contributed by atoms with Gasteiger partial charge in [-0.15, -0.1) is 0 Å². The van der Waals surface area contributed by atoms with Crippen molar-refractivity contribution in [3.8, 4) is 0 Å². The van der Waals surface area contributed by atoms with Crippen LogP contribution in [0.1, 0.15) is 38.2 Å². The molecule has 0 aliphatic heterocycles. The Morgan fingerprint density at radius 1 is 1.11 bits per heavy atom. The number of amides is 2. The normalized spacial score (nSPS) is 15.1. The van der Waals surface area contributed by atoms with Crippen molar-refractivity contribution in [3.05, 3.63) is 64.4 Å². The molecule has 0 heterocycles. The van der Waals surface area contributed by atoms with E-state index >= 15 is 0 Å². The van der Waals surface area contributed by atoms with Crippen molar-refractivity contribution in [3.63, 3.8) is 0 Å². The van der Waals surface area contributed by atoms with Gasteiger partial charge in [-0.3, -0.25) is 9.59 Å². The Bertz CT molecular complexity index is 1190. The van der Waals surface area contributed by atoms with Crippen molar-refractivity contribution in [2.75, 3.05) is 24.9 Å². The van der Waals surface area contributed by atoms with Crippen LogP contribution in [0.4, 0.5) is 10.1 Å². The first-order valence-electron chi connectivity index (χ1n) is 11.8. The standard InChI is InChI=1S/C25H32BrFN4O4S/c1-18(25(33)28-21-11-4-5-12-21)30(16-19-9-8-10-20(26)15-19)24(32)17-31(36(34,35)29(2)3)23-14-7-6-13-22(23)27/h6-10,13-15,18,21H,4-5,11-12,16-17H2,1-3H3,(H,28,33)/t18-/m0/s1. The fourth-order valence-electron chi connectivity index (χ4n) is 4.16. The minimum atomic E-state index is -4.22. The molecule has 0 spiro atoms. The number of carbonyl (C=O) groups excluding carboxylic acids is 2. The number of anilines is 1. The summed E-state index contributed by atoms with van der Waals surface area (Å²) in [5.74, 6) is -1.71. The van der Waals surface area contributed by atoms with Crippen LogP contribution >= 0.6 is 15.9 Å². The Kier molecular flexibility index (Phi) is 9.48. The molecule has 2 amide bonds. The summed E-state index contributed by atoms with van der Waals surface area (Å²) in [5.41, 5.74) is 0.510. The van der Waals surface area contributed by atoms with E-state index < -0.39 is 34.5 Å². The van der Waals surface area contributed by atoms with Gasteiger partial charge in [0.1, 0.15) is 18.4 Å². The highest BCUT2D eigenvalue weighted by Gasteiger charge is 2.34. The first-order valence-corrected chi connectivity index (χ1v) is 14.0. The first kappa shape index (κ1) is 28.1. The lowest BCUT2D eigenvalue weighted by molar-refractivity contribution is -0.139. The SMILES string of the molecule is C[C@@H](C(=O)NC1CCCC1)N(Cc1cccc(Br)c1)C(=O)CN(c1ccccc1F)S(=O)(=O)N(C)C. The Morgan fingerprint density at radius 2 is 1.78 bits per heavy atom. The molecular weight excluding hydrogens is 551 g/mol. The molecule has 0 unspecified atom stereocenters. The highest BCUT2D eigenvalue weighted by Crippen LogP contribution is 2.24. The second-order valence-electron chi connectivity index (χ2n) is 9.07. The van der Waals surface area contributed by atoms with Crippen LogP contribution in [0, 0.1) is 5.82 Å². The largest absolute Gasteiger partial charge is 0.352 e. The lowest BCUT2D eigenvalue weighted by atomic mass is 10.1. The summed E-state index contributed by atoms with van der Waals surface area (Å²) in [7, 11) is -1.60. The molecule has 2 aromatic carbocycles. The molecule has 1 fully saturated rings. The maximum Gasteiger partial charge on any atom is 0.304 e. The molecule has 0 saturated heterocycles. The summed E-state index contributed by atoms with van der Waals surface area (Å²) in [6.45, 7) is 1.02. The van der Waals surface area contributed by atoms with E-state index in [-0.39, 0.29) is 24.2 Å². The molecule has 0 radical (unpaired) electrons. The Labute approximate surface area is 220 Å². The zero-order chi connectivity index (χ0) is 26.5. The minimum absolute atomic E-state index is 0.0619. The first-order chi connectivity index (χ1) is 17.0. The van der Waals surface area contributed by atoms with Gasteiger partial charge in [0.25, 0.3) is 0 Å². The van der Waals surface area contributed by atoms with Gasteiger partial charge in [-0.25, -0.2) is 8.70 Å². The van der Waals surface area contributed by atoms with Gasteiger partial charge < -0.3 is 10.2 Å². The summed E-state index contributed by atoms with van der Waals surface area (Å²) in [6.07, 6.45) is 3.86. The third-order valence-electron chi connectivity index (χ3n) is 6.25. The second kappa shape index (κ2) is 12.2. The zero-order valence-corrected chi connectivity index (χ0v) is 23.1. The lowest BCUT2D eigenvalue weighted by Crippen LogP contribution is -2.53. The van der Waals surface area contributed by atoms with E-state index in [1.54, 1.807) is 6.92 Å². The molecular formula is C25H32BrFN4O4S. The molecule has 0 bridgehead atoms. The van der Waals surface area contributed by atoms with Gasteiger partial charge >= 0.3 is 10.2 Å². The van der Waals surface area contributed by atoms with Crippen molar-refractivity contribution in [1.29, 1.82) is 0 Å². The zero-order valence-electron chi connectivity index (χ0n) is 20.7. The molecule has 1 saturated carbocycles. The van der Waals surface area contributed by atoms with Gasteiger partial charge in [0.05, 0.1) is 5.69 Å². The molecule has 1 aliphatic rings. The number of nitrogens with one attached hydrogen (secondary N) is 1. The fraction of sp³-hybridized carbons (Fsp3) is 0.440. The van der Waals surface area contributed by atoms with Crippen LogP contribution < -0.4 is 9.62 Å². The average Bonchev–Trinajstić information content (AvgIpc) is 3.34. The molecule has 36 heavy (non-hydrogen) atoms. The molecule has 1 atom stereocenters. The monoisotopic (exact) mass is 582 g/mol. The van der Waals surface area contributed by atoms with Crippen molar-refractivity contribution in [1.82, 2.24) is 14.5 Å². The van der Waals surface area contributed by atoms with Crippen LogP contribution in [0.2, 0.25) is 0 Å². The third kappa shape index (κ3) is 6.83. The van der Waals surface area contributed by atoms with Crippen molar-refractivity contribution >= 4 is 43.6 Å². The summed E-state index contributed by atoms with van der Waals surface area (Å²) in [5, 5.41) is 3.01. The van der Waals surface area contributed by atoms with E-state index in [1.807, 2.05) is 24.3 Å². The Hall–Kier alpha value is -2.50. The van der Waals surface area contributed by atoms with Crippen LogP contribution in [-0.2, 0) is 26.3 Å². The highest BCUT2D eigenvalue weighted by atomic mass is 79.9. The molecule has 8 nitrogen and oxygen atoms in total. The van der Waals surface area contributed by atoms with E-state index in [1.165, 1.54) is 37.2 Å². The van der Waals surface area contributed by atoms with E-state index in [2.05, 4.69) is 21.2 Å². The van der Waals surface area contributed by atoms with Crippen LogP contribution in [0.15, 0.2) is 53.0 Å². The molecule has 196 valence electrons. The van der Waals surface area contributed by atoms with Crippen molar-refractivity contribution < 1.29 is 22.4 Å². The lowest BCUT2D eigenvalue weighted by Gasteiger charge is -2.33. The Balaban J connectivity index is 1.94. The number of nitrogens with zero attached hydrogens (tertiary/aromatic N) is 3. The quantitative estimate of drug-likeness (QED) is 0.462. The predicted molar refractivity (Wildman–Crippen MR) is 141 cm³/mol. The number of halogens is 2. The van der Waals surface area contributed by atoms with Crippen LogP contribution in [-0.4, -0.2) is 62.2 Å². The van der Waals surface area contributed by atoms with E-state index in [9.17, 15) is 22.4 Å².